The summed E-state index contributed by atoms with van der Waals surface area (Å²) in [5, 5.41) is 9.26. The zero-order chi connectivity index (χ0) is 25.1. The maximum absolute atomic E-state index is 11.9. The lowest BCUT2D eigenvalue weighted by Crippen LogP contribution is -2.28. The second-order valence-corrected chi connectivity index (χ2v) is 8.03. The van der Waals surface area contributed by atoms with Crippen molar-refractivity contribution in [3.63, 3.8) is 0 Å². The van der Waals surface area contributed by atoms with E-state index in [0.29, 0.717) is 19.3 Å². The third-order valence-corrected chi connectivity index (χ3v) is 4.80. The van der Waals surface area contributed by atoms with E-state index in [9.17, 15) is 14.7 Å². The van der Waals surface area contributed by atoms with E-state index in [-0.39, 0.29) is 25.2 Å². The monoisotopic (exact) mass is 474 g/mol. The number of rotatable bonds is 21. The Morgan fingerprint density at radius 1 is 0.706 bits per heavy atom. The zero-order valence-corrected chi connectivity index (χ0v) is 21.3. The van der Waals surface area contributed by atoms with Gasteiger partial charge in [-0.3, -0.25) is 9.59 Å². The normalized spacial score (nSPS) is 13.1. The highest BCUT2D eigenvalue weighted by molar-refractivity contribution is 5.70. The fourth-order valence-electron chi connectivity index (χ4n) is 2.91. The highest BCUT2D eigenvalue weighted by atomic mass is 16.6. The molecule has 0 aromatic rings. The lowest BCUT2D eigenvalue weighted by molar-refractivity contribution is -0.161. The van der Waals surface area contributed by atoms with Crippen molar-refractivity contribution in [2.75, 3.05) is 13.2 Å². The van der Waals surface area contributed by atoms with Gasteiger partial charge in [-0.25, -0.2) is 0 Å². The van der Waals surface area contributed by atoms with E-state index < -0.39 is 6.10 Å². The maximum Gasteiger partial charge on any atom is 0.306 e. The first-order valence-corrected chi connectivity index (χ1v) is 12.8. The quantitative estimate of drug-likeness (QED) is 0.111. The Balaban J connectivity index is 3.67. The van der Waals surface area contributed by atoms with E-state index in [4.69, 9.17) is 9.47 Å². The molecule has 0 saturated carbocycles. The van der Waals surface area contributed by atoms with Gasteiger partial charge >= 0.3 is 11.9 Å². The Morgan fingerprint density at radius 2 is 1.26 bits per heavy atom. The van der Waals surface area contributed by atoms with Crippen molar-refractivity contribution in [3.05, 3.63) is 60.8 Å². The molecule has 0 saturated heterocycles. The Labute approximate surface area is 207 Å². The molecule has 0 aliphatic carbocycles. The van der Waals surface area contributed by atoms with Gasteiger partial charge in [-0.05, 0) is 57.8 Å². The van der Waals surface area contributed by atoms with Gasteiger partial charge in [0.25, 0.3) is 0 Å². The Kier molecular flexibility index (Phi) is 23.4. The standard InChI is InChI=1S/C29H46O5/c1-3-5-6-7-8-9-10-11-12-13-14-15-16-17-18-19-20-21-22-24-29(32)34-27(25-30)26-33-28(31)23-4-2/h5-6,8-9,11-12,14-15,17-18,27,30H,3-4,7,10,13,16,19-26H2,1-2H3/b6-5-,9-8-,12-11-,15-14-,18-17-. The van der Waals surface area contributed by atoms with Crippen LogP contribution in [0.4, 0.5) is 0 Å². The molecule has 1 unspecified atom stereocenters. The maximum atomic E-state index is 11.9. The molecule has 0 radical (unpaired) electrons. The molecule has 5 nitrogen and oxygen atoms in total. The number of carbonyl (C=O) groups excluding carboxylic acids is 2. The van der Waals surface area contributed by atoms with Crippen LogP contribution in [0, 0.1) is 0 Å². The van der Waals surface area contributed by atoms with Gasteiger partial charge in [0, 0.05) is 12.8 Å². The lowest BCUT2D eigenvalue weighted by atomic mass is 10.1. The summed E-state index contributed by atoms with van der Waals surface area (Å²) in [6.07, 6.45) is 31.2. The first-order valence-electron chi connectivity index (χ1n) is 12.8. The van der Waals surface area contributed by atoms with E-state index in [1.54, 1.807) is 0 Å². The zero-order valence-electron chi connectivity index (χ0n) is 21.3. The van der Waals surface area contributed by atoms with Crippen LogP contribution in [0.1, 0.15) is 90.9 Å². The number of ether oxygens (including phenoxy) is 2. The largest absolute Gasteiger partial charge is 0.462 e. The van der Waals surface area contributed by atoms with Crippen molar-refractivity contribution in [1.82, 2.24) is 0 Å². The van der Waals surface area contributed by atoms with Gasteiger partial charge in [0.2, 0.25) is 0 Å². The first kappa shape index (κ1) is 31.6. The van der Waals surface area contributed by atoms with Crippen LogP contribution in [0.2, 0.25) is 0 Å². The van der Waals surface area contributed by atoms with Crippen LogP contribution in [-0.2, 0) is 19.1 Å². The SMILES string of the molecule is CC/C=C\C/C=C\C/C=C\C/C=C\C/C=C\CCCCCC(=O)OC(CO)COC(=O)CCC. The van der Waals surface area contributed by atoms with E-state index in [2.05, 4.69) is 67.7 Å². The fraction of sp³-hybridized carbons (Fsp3) is 0.586. The number of unbranched alkanes of at least 4 members (excludes halogenated alkanes) is 3. The average molecular weight is 475 g/mol. The number of allylic oxidation sites excluding steroid dienone is 10. The lowest BCUT2D eigenvalue weighted by Gasteiger charge is -2.15. The van der Waals surface area contributed by atoms with Crippen molar-refractivity contribution in [2.24, 2.45) is 0 Å². The van der Waals surface area contributed by atoms with Gasteiger partial charge in [-0.2, -0.15) is 0 Å². The smallest absolute Gasteiger partial charge is 0.306 e. The molecule has 0 bridgehead atoms. The summed E-state index contributed by atoms with van der Waals surface area (Å²) >= 11 is 0. The molecule has 0 aromatic heterocycles. The van der Waals surface area contributed by atoms with E-state index >= 15 is 0 Å². The van der Waals surface area contributed by atoms with Crippen LogP contribution in [0.5, 0.6) is 0 Å². The molecule has 0 aromatic carbocycles. The minimum atomic E-state index is -0.783. The summed E-state index contributed by atoms with van der Waals surface area (Å²) in [5.41, 5.74) is 0. The topological polar surface area (TPSA) is 72.8 Å². The average Bonchev–Trinajstić information content (AvgIpc) is 2.83. The summed E-state index contributed by atoms with van der Waals surface area (Å²) in [6.45, 7) is 3.58. The second kappa shape index (κ2) is 25.2. The predicted molar refractivity (Wildman–Crippen MR) is 140 cm³/mol. The summed E-state index contributed by atoms with van der Waals surface area (Å²) < 4.78 is 10.2. The van der Waals surface area contributed by atoms with Crippen LogP contribution < -0.4 is 0 Å². The van der Waals surface area contributed by atoms with Gasteiger partial charge in [0.1, 0.15) is 6.61 Å². The second-order valence-electron chi connectivity index (χ2n) is 8.03. The third-order valence-electron chi connectivity index (χ3n) is 4.80. The molecular weight excluding hydrogens is 428 g/mol. The Morgan fingerprint density at radius 3 is 1.79 bits per heavy atom. The minimum Gasteiger partial charge on any atom is -0.462 e. The first-order chi connectivity index (χ1) is 16.6. The molecule has 0 spiro atoms. The summed E-state index contributed by atoms with van der Waals surface area (Å²) in [6, 6.07) is 0. The number of aliphatic hydroxyl groups is 1. The van der Waals surface area contributed by atoms with Gasteiger partial charge in [0.15, 0.2) is 6.10 Å². The molecule has 0 rings (SSSR count). The molecule has 0 heterocycles. The fourth-order valence-corrected chi connectivity index (χ4v) is 2.91. The van der Waals surface area contributed by atoms with Crippen molar-refractivity contribution < 1.29 is 24.2 Å². The summed E-state index contributed by atoms with van der Waals surface area (Å²) in [7, 11) is 0. The van der Waals surface area contributed by atoms with Crippen LogP contribution in [0.15, 0.2) is 60.8 Å². The molecule has 0 fully saturated rings. The Bertz CT molecular complexity index is 643. The van der Waals surface area contributed by atoms with Crippen molar-refractivity contribution in [3.8, 4) is 0 Å². The predicted octanol–water partition coefficient (Wildman–Crippen LogP) is 6.94. The molecule has 34 heavy (non-hydrogen) atoms. The highest BCUT2D eigenvalue weighted by Crippen LogP contribution is 2.07. The number of hydrogen-bond donors (Lipinski definition) is 1. The van der Waals surface area contributed by atoms with Gasteiger partial charge in [-0.1, -0.05) is 81.0 Å². The van der Waals surface area contributed by atoms with Crippen LogP contribution in [0.3, 0.4) is 0 Å². The van der Waals surface area contributed by atoms with Gasteiger partial charge < -0.3 is 14.6 Å². The number of aliphatic hydroxyl groups excluding tert-OH is 1. The van der Waals surface area contributed by atoms with Crippen molar-refractivity contribution in [2.45, 2.75) is 97.0 Å². The Hall–Kier alpha value is -2.40. The van der Waals surface area contributed by atoms with Crippen molar-refractivity contribution in [1.29, 1.82) is 0 Å². The summed E-state index contributed by atoms with van der Waals surface area (Å²) in [5.74, 6) is -0.701. The molecule has 0 aliphatic rings. The van der Waals surface area contributed by atoms with E-state index in [1.165, 1.54) is 0 Å². The summed E-state index contributed by atoms with van der Waals surface area (Å²) in [4.78, 5) is 23.2. The molecule has 0 aliphatic heterocycles. The van der Waals surface area contributed by atoms with Crippen LogP contribution in [0.25, 0.3) is 0 Å². The molecule has 192 valence electrons. The van der Waals surface area contributed by atoms with Crippen molar-refractivity contribution >= 4 is 11.9 Å². The highest BCUT2D eigenvalue weighted by Gasteiger charge is 2.15. The molecular formula is C29H46O5. The molecule has 5 heteroatoms. The molecule has 1 atom stereocenters. The van der Waals surface area contributed by atoms with E-state index in [0.717, 1.165) is 57.8 Å². The molecule has 1 N–H and O–H groups in total. The number of carbonyl (C=O) groups is 2. The number of esters is 2. The van der Waals surface area contributed by atoms with Gasteiger partial charge in [0.05, 0.1) is 6.61 Å². The minimum absolute atomic E-state index is 0.0921. The molecule has 0 amide bonds. The number of hydrogen-bond acceptors (Lipinski definition) is 5. The van der Waals surface area contributed by atoms with Crippen LogP contribution in [-0.4, -0.2) is 36.4 Å². The van der Waals surface area contributed by atoms with Crippen LogP contribution >= 0.6 is 0 Å². The van der Waals surface area contributed by atoms with Gasteiger partial charge in [-0.15, -0.1) is 0 Å². The third kappa shape index (κ3) is 22.8. The van der Waals surface area contributed by atoms with E-state index in [1.807, 2.05) is 6.92 Å².